The summed E-state index contributed by atoms with van der Waals surface area (Å²) >= 11 is 8.54. The minimum atomic E-state index is -0.135. The molecular formula is C40H59ClN4O4S. The molecule has 1 heterocycles. The molecule has 1 saturated heterocycles. The number of anilines is 2. The van der Waals surface area contributed by atoms with Crippen molar-refractivity contribution in [2.24, 2.45) is 16.8 Å². The van der Waals surface area contributed by atoms with Crippen molar-refractivity contribution >= 4 is 52.3 Å². The average Bonchev–Trinajstić information content (AvgIpc) is 3.53. The lowest BCUT2D eigenvalue weighted by Crippen LogP contribution is -2.31. The van der Waals surface area contributed by atoms with Gasteiger partial charge < -0.3 is 25.4 Å². The first-order valence-electron chi connectivity index (χ1n) is 17.8. The van der Waals surface area contributed by atoms with Crippen molar-refractivity contribution in [1.82, 2.24) is 5.32 Å². The number of amidine groups is 1. The number of nitrogens with one attached hydrogen (secondary N) is 3. The molecule has 0 saturated carbocycles. The summed E-state index contributed by atoms with van der Waals surface area (Å²) in [6, 6.07) is 12.0. The summed E-state index contributed by atoms with van der Waals surface area (Å²) in [4.78, 5) is 30.1. The summed E-state index contributed by atoms with van der Waals surface area (Å²) in [7, 11) is 1.42. The highest BCUT2D eigenvalue weighted by atomic mass is 35.5. The number of allylic oxidation sites excluding steroid dienone is 3. The van der Waals surface area contributed by atoms with Crippen molar-refractivity contribution in [3.8, 4) is 5.75 Å². The van der Waals surface area contributed by atoms with Gasteiger partial charge in [0.1, 0.15) is 17.6 Å². The van der Waals surface area contributed by atoms with Crippen LogP contribution in [-0.4, -0.2) is 48.6 Å². The van der Waals surface area contributed by atoms with Gasteiger partial charge in [0.05, 0.1) is 29.6 Å². The fraction of sp³-hybridized carbons (Fsp3) is 0.525. The third-order valence-electron chi connectivity index (χ3n) is 7.93. The number of carbonyl (C=O) groups is 2. The Labute approximate surface area is 310 Å². The standard InChI is InChI=1S/C33H46ClN3O2S.C7H13NO2/c1-10-13-16-27(34)33(37-28-17-14-15-18-31(28)40-22(6)7)36-24(9)35-29-20-26(32(38)23(8)11-2)25(12-3)19-30(29)39-21(4)5;1-5-3-6(8-4-5)7(9)10-2/h13-23,37H,10-12H2,1-9H3,(H,35,36);5-6,8H,3-4H2,1-2H3/b16-13+,33-27-;. The zero-order valence-electron chi connectivity index (χ0n) is 31.9. The summed E-state index contributed by atoms with van der Waals surface area (Å²) in [5.41, 5.74) is 3.35. The Kier molecular flexibility index (Phi) is 18.7. The van der Waals surface area contributed by atoms with Crippen LogP contribution in [-0.2, 0) is 16.0 Å². The second kappa shape index (κ2) is 21.8. The van der Waals surface area contributed by atoms with Gasteiger partial charge in [0.15, 0.2) is 11.6 Å². The van der Waals surface area contributed by atoms with Crippen LogP contribution in [0.3, 0.4) is 0 Å². The van der Waals surface area contributed by atoms with E-state index < -0.39 is 0 Å². The van der Waals surface area contributed by atoms with Gasteiger partial charge in [0.2, 0.25) is 0 Å². The Bertz CT molecular complexity index is 1500. The molecular weight excluding hydrogens is 668 g/mol. The molecule has 0 amide bonds. The minimum absolute atomic E-state index is 0.0284. The molecule has 1 fully saturated rings. The number of thioether (sulfide) groups is 1. The highest BCUT2D eigenvalue weighted by molar-refractivity contribution is 8.00. The van der Waals surface area contributed by atoms with E-state index in [0.29, 0.717) is 39.3 Å². The molecule has 50 heavy (non-hydrogen) atoms. The molecule has 2 aromatic carbocycles. The normalized spacial score (nSPS) is 17.3. The first-order valence-corrected chi connectivity index (χ1v) is 19.1. The number of ketones is 1. The first-order chi connectivity index (χ1) is 23.7. The van der Waals surface area contributed by atoms with Gasteiger partial charge in [-0.3, -0.25) is 9.59 Å². The lowest BCUT2D eigenvalue weighted by molar-refractivity contribution is -0.142. The molecule has 0 aromatic heterocycles. The number of aliphatic imine (C=N–C) groups is 1. The minimum Gasteiger partial charge on any atom is -0.489 e. The van der Waals surface area contributed by atoms with Crippen LogP contribution in [0.15, 0.2) is 69.3 Å². The Morgan fingerprint density at radius 2 is 1.78 bits per heavy atom. The highest BCUT2D eigenvalue weighted by Crippen LogP contribution is 2.34. The first kappa shape index (κ1) is 42.9. The van der Waals surface area contributed by atoms with Crippen LogP contribution in [0.1, 0.15) is 104 Å². The van der Waals surface area contributed by atoms with Crippen molar-refractivity contribution in [2.75, 3.05) is 24.3 Å². The maximum atomic E-state index is 13.3. The van der Waals surface area contributed by atoms with Crippen molar-refractivity contribution in [2.45, 2.75) is 117 Å². The number of halogens is 1. The third-order valence-corrected chi connectivity index (χ3v) is 9.32. The zero-order valence-corrected chi connectivity index (χ0v) is 33.5. The molecule has 1 aliphatic rings. The van der Waals surface area contributed by atoms with E-state index in [0.717, 1.165) is 53.9 Å². The summed E-state index contributed by atoms with van der Waals surface area (Å²) in [5.74, 6) is 2.38. The van der Waals surface area contributed by atoms with Crippen molar-refractivity contribution in [3.05, 3.63) is 70.5 Å². The number of benzene rings is 2. The number of para-hydroxylation sites is 1. The summed E-state index contributed by atoms with van der Waals surface area (Å²) in [6.45, 7) is 21.4. The van der Waals surface area contributed by atoms with Crippen LogP contribution in [0.4, 0.5) is 11.4 Å². The number of Topliss-reactive ketones (excluding diaryl/α,β-unsaturated/α-hetero) is 1. The number of methoxy groups -OCH3 is 1. The molecule has 10 heteroatoms. The van der Waals surface area contributed by atoms with Crippen molar-refractivity contribution in [3.63, 3.8) is 0 Å². The fourth-order valence-corrected chi connectivity index (χ4v) is 6.25. The van der Waals surface area contributed by atoms with Gasteiger partial charge in [-0.2, -0.15) is 0 Å². The number of aryl methyl sites for hydroxylation is 1. The Balaban J connectivity index is 0.000000739. The Morgan fingerprint density at radius 1 is 1.08 bits per heavy atom. The predicted octanol–water partition coefficient (Wildman–Crippen LogP) is 10.2. The molecule has 0 spiro atoms. The summed E-state index contributed by atoms with van der Waals surface area (Å²) in [6.07, 6.45) is 7.13. The van der Waals surface area contributed by atoms with Gasteiger partial charge in [-0.15, -0.1) is 11.8 Å². The van der Waals surface area contributed by atoms with E-state index in [1.54, 1.807) is 11.8 Å². The molecule has 3 unspecified atom stereocenters. The third kappa shape index (κ3) is 13.8. The van der Waals surface area contributed by atoms with Gasteiger partial charge in [-0.25, -0.2) is 4.99 Å². The quantitative estimate of drug-likeness (QED) is 0.0416. The highest BCUT2D eigenvalue weighted by Gasteiger charge is 2.27. The largest absolute Gasteiger partial charge is 0.489 e. The van der Waals surface area contributed by atoms with E-state index in [1.807, 2.05) is 77.1 Å². The van der Waals surface area contributed by atoms with Crippen LogP contribution in [0.2, 0.25) is 0 Å². The second-order valence-corrected chi connectivity index (χ2v) is 15.2. The Morgan fingerprint density at radius 3 is 2.34 bits per heavy atom. The molecule has 3 rings (SSSR count). The SMILES string of the molecule is CC/C=C/C(Cl)=C(\N=C(/C)Nc1cc(C(=O)C(C)CC)c(CC)cc1OC(C)C)Nc1ccccc1SC(C)C.COC(=O)C1CC(C)CN1. The van der Waals surface area contributed by atoms with Gasteiger partial charge >= 0.3 is 5.97 Å². The lowest BCUT2D eigenvalue weighted by atomic mass is 9.92. The molecule has 1 aliphatic heterocycles. The van der Waals surface area contributed by atoms with Gasteiger partial charge in [0.25, 0.3) is 0 Å². The molecule has 276 valence electrons. The monoisotopic (exact) mass is 726 g/mol. The molecule has 0 radical (unpaired) electrons. The molecule has 0 aliphatic carbocycles. The lowest BCUT2D eigenvalue weighted by Gasteiger charge is -2.20. The maximum Gasteiger partial charge on any atom is 0.322 e. The topological polar surface area (TPSA) is 101 Å². The van der Waals surface area contributed by atoms with Crippen LogP contribution >= 0.6 is 23.4 Å². The molecule has 0 bridgehead atoms. The number of hydrogen-bond donors (Lipinski definition) is 3. The fourth-order valence-electron chi connectivity index (χ4n) is 5.16. The van der Waals surface area contributed by atoms with Crippen LogP contribution in [0.25, 0.3) is 0 Å². The number of rotatable bonds is 15. The van der Waals surface area contributed by atoms with Crippen LogP contribution in [0, 0.1) is 11.8 Å². The van der Waals surface area contributed by atoms with E-state index in [9.17, 15) is 9.59 Å². The summed E-state index contributed by atoms with van der Waals surface area (Å²) < 4.78 is 10.7. The maximum absolute atomic E-state index is 13.3. The molecule has 3 N–H and O–H groups in total. The van der Waals surface area contributed by atoms with E-state index in [-0.39, 0.29) is 29.8 Å². The van der Waals surface area contributed by atoms with Gasteiger partial charge in [0, 0.05) is 21.6 Å². The molecule has 2 aromatic rings. The van der Waals surface area contributed by atoms with Crippen molar-refractivity contribution < 1.29 is 19.1 Å². The number of carbonyl (C=O) groups excluding carboxylic acids is 2. The van der Waals surface area contributed by atoms with Gasteiger partial charge in [-0.1, -0.05) is 78.3 Å². The average molecular weight is 727 g/mol. The zero-order chi connectivity index (χ0) is 37.4. The van der Waals surface area contributed by atoms with Crippen molar-refractivity contribution in [1.29, 1.82) is 0 Å². The van der Waals surface area contributed by atoms with E-state index in [1.165, 1.54) is 7.11 Å². The summed E-state index contributed by atoms with van der Waals surface area (Å²) in [5, 5.41) is 10.9. The number of hydrogen-bond acceptors (Lipinski definition) is 8. The number of esters is 1. The molecule has 3 atom stereocenters. The van der Waals surface area contributed by atoms with E-state index >= 15 is 0 Å². The van der Waals surface area contributed by atoms with Crippen LogP contribution in [0.5, 0.6) is 5.75 Å². The smallest absolute Gasteiger partial charge is 0.322 e. The van der Waals surface area contributed by atoms with Crippen LogP contribution < -0.4 is 20.7 Å². The van der Waals surface area contributed by atoms with Gasteiger partial charge in [-0.05, 0) is 94.8 Å². The number of ether oxygens (including phenoxy) is 2. The molecule has 8 nitrogen and oxygen atoms in total. The predicted molar refractivity (Wildman–Crippen MR) is 213 cm³/mol. The second-order valence-electron chi connectivity index (χ2n) is 13.1. The number of nitrogens with zero attached hydrogens (tertiary/aromatic N) is 1. The Hall–Kier alpha value is -3.27. The van der Waals surface area contributed by atoms with E-state index in [4.69, 9.17) is 21.3 Å². The van der Waals surface area contributed by atoms with E-state index in [2.05, 4.69) is 61.4 Å².